The quantitative estimate of drug-likeness (QED) is 0.582. The fourth-order valence-corrected chi connectivity index (χ4v) is 3.12. The first-order valence-electron chi connectivity index (χ1n) is 7.18. The lowest BCUT2D eigenvalue weighted by Gasteiger charge is -2.20. The third-order valence-corrected chi connectivity index (χ3v) is 4.29. The molecule has 0 aliphatic heterocycles. The Kier molecular flexibility index (Phi) is 5.76. The van der Waals surface area contributed by atoms with Gasteiger partial charge in [0.25, 0.3) is 5.91 Å². The number of nitrogens with zero attached hydrogens (tertiary/aromatic N) is 2. The average molecular weight is 383 g/mol. The van der Waals surface area contributed by atoms with Crippen molar-refractivity contribution in [1.29, 1.82) is 0 Å². The van der Waals surface area contributed by atoms with Crippen LogP contribution >= 0.6 is 11.6 Å². The number of hydrogen-bond donors (Lipinski definition) is 0. The highest BCUT2D eigenvalue weighted by atomic mass is 35.5. The molecule has 25 heavy (non-hydrogen) atoms. The second-order valence-corrected chi connectivity index (χ2v) is 7.17. The fourth-order valence-electron chi connectivity index (χ4n) is 2.06. The van der Waals surface area contributed by atoms with E-state index < -0.39 is 21.9 Å². The Hall–Kier alpha value is -2.45. The summed E-state index contributed by atoms with van der Waals surface area (Å²) in [6, 6.07) is 9.88. The van der Waals surface area contributed by atoms with Crippen LogP contribution in [0.4, 0.5) is 5.69 Å². The zero-order valence-electron chi connectivity index (χ0n) is 13.5. The van der Waals surface area contributed by atoms with Crippen LogP contribution in [0.15, 0.2) is 42.5 Å². The number of carbonyl (C=O) groups excluding carboxylic acids is 2. The lowest BCUT2D eigenvalue weighted by molar-refractivity contribution is 0.0526. The van der Waals surface area contributed by atoms with Gasteiger partial charge in [-0.1, -0.05) is 23.7 Å². The highest BCUT2D eigenvalue weighted by Gasteiger charge is 2.28. The Morgan fingerprint density at radius 1 is 1.20 bits per heavy atom. The predicted molar refractivity (Wildman–Crippen MR) is 93.3 cm³/mol. The molecule has 9 heteroatoms. The van der Waals surface area contributed by atoms with Crippen LogP contribution in [0.3, 0.4) is 0 Å². The van der Waals surface area contributed by atoms with Crippen LogP contribution in [0.25, 0.3) is 0 Å². The second-order valence-electron chi connectivity index (χ2n) is 4.95. The van der Waals surface area contributed by atoms with Gasteiger partial charge in [0.05, 0.1) is 24.1 Å². The molecular formula is C16H15ClN2O5S. The Morgan fingerprint density at radius 2 is 1.88 bits per heavy atom. The molecule has 1 heterocycles. The largest absolute Gasteiger partial charge is 0.462 e. The van der Waals surface area contributed by atoms with E-state index in [4.69, 9.17) is 16.3 Å². The van der Waals surface area contributed by atoms with Gasteiger partial charge in [-0.15, -0.1) is 0 Å². The number of benzene rings is 1. The molecule has 0 aliphatic rings. The monoisotopic (exact) mass is 382 g/mol. The first-order chi connectivity index (χ1) is 11.7. The second kappa shape index (κ2) is 7.62. The predicted octanol–water partition coefficient (Wildman–Crippen LogP) is 2.52. The third-order valence-electron chi connectivity index (χ3n) is 3.04. The minimum Gasteiger partial charge on any atom is -0.462 e. The van der Waals surface area contributed by atoms with Crippen molar-refractivity contribution in [2.75, 3.05) is 17.2 Å². The standard InChI is InChI=1S/C16H15ClN2O5S/c1-3-24-16(21)11-6-4-7-12(10-11)19(25(2,22)23)15(20)13-8-5-9-14(17)18-13/h4-10H,3H2,1-2H3. The molecule has 1 aromatic carbocycles. The van der Waals surface area contributed by atoms with Gasteiger partial charge < -0.3 is 4.74 Å². The number of anilines is 1. The molecule has 0 aliphatic carbocycles. The minimum absolute atomic E-state index is 0.000159. The van der Waals surface area contributed by atoms with Gasteiger partial charge in [0, 0.05) is 0 Å². The molecule has 0 unspecified atom stereocenters. The summed E-state index contributed by atoms with van der Waals surface area (Å²) in [6.07, 6.45) is 0.881. The summed E-state index contributed by atoms with van der Waals surface area (Å²) in [7, 11) is -3.98. The van der Waals surface area contributed by atoms with Crippen molar-refractivity contribution in [3.8, 4) is 0 Å². The van der Waals surface area contributed by atoms with Crippen LogP contribution in [0.1, 0.15) is 27.8 Å². The molecule has 132 valence electrons. The maximum absolute atomic E-state index is 12.7. The van der Waals surface area contributed by atoms with E-state index in [1.165, 1.54) is 42.5 Å². The number of carbonyl (C=O) groups is 2. The first-order valence-corrected chi connectivity index (χ1v) is 9.41. The van der Waals surface area contributed by atoms with E-state index in [1.807, 2.05) is 0 Å². The summed E-state index contributed by atoms with van der Waals surface area (Å²) in [5.41, 5.74) is -0.0147. The van der Waals surface area contributed by atoms with Gasteiger partial charge in [-0.2, -0.15) is 0 Å². The van der Waals surface area contributed by atoms with E-state index >= 15 is 0 Å². The highest BCUT2D eigenvalue weighted by molar-refractivity contribution is 7.92. The van der Waals surface area contributed by atoms with Crippen molar-refractivity contribution in [2.24, 2.45) is 0 Å². The number of ether oxygens (including phenoxy) is 1. The summed E-state index contributed by atoms with van der Waals surface area (Å²) in [5, 5.41) is 0.0552. The van der Waals surface area contributed by atoms with Crippen molar-refractivity contribution >= 4 is 39.2 Å². The molecule has 1 aromatic heterocycles. The van der Waals surface area contributed by atoms with Crippen LogP contribution in [0, 0.1) is 0 Å². The summed E-state index contributed by atoms with van der Waals surface area (Å²) in [5.74, 6) is -1.50. The number of aromatic nitrogens is 1. The molecule has 0 fully saturated rings. The maximum atomic E-state index is 12.7. The zero-order chi connectivity index (χ0) is 18.6. The first kappa shape index (κ1) is 18.9. The molecule has 0 saturated heterocycles. The lowest BCUT2D eigenvalue weighted by atomic mass is 10.2. The molecule has 7 nitrogen and oxygen atoms in total. The number of halogens is 1. The topological polar surface area (TPSA) is 93.6 Å². The van der Waals surface area contributed by atoms with E-state index in [9.17, 15) is 18.0 Å². The van der Waals surface area contributed by atoms with Crippen molar-refractivity contribution < 1.29 is 22.7 Å². The van der Waals surface area contributed by atoms with Crippen LogP contribution < -0.4 is 4.31 Å². The SMILES string of the molecule is CCOC(=O)c1cccc(N(C(=O)c2cccc(Cl)n2)S(C)(=O)=O)c1. The van der Waals surface area contributed by atoms with Gasteiger partial charge in [0.2, 0.25) is 10.0 Å². The van der Waals surface area contributed by atoms with E-state index in [0.29, 0.717) is 4.31 Å². The molecular weight excluding hydrogens is 368 g/mol. The van der Waals surface area contributed by atoms with Gasteiger partial charge in [0.15, 0.2) is 0 Å². The zero-order valence-corrected chi connectivity index (χ0v) is 15.0. The van der Waals surface area contributed by atoms with E-state index in [1.54, 1.807) is 6.92 Å². The number of esters is 1. The molecule has 1 amide bonds. The van der Waals surface area contributed by atoms with Crippen LogP contribution in [0.5, 0.6) is 0 Å². The summed E-state index contributed by atoms with van der Waals surface area (Å²) in [4.78, 5) is 28.3. The minimum atomic E-state index is -3.98. The maximum Gasteiger partial charge on any atom is 0.338 e. The number of rotatable bonds is 5. The molecule has 2 rings (SSSR count). The van der Waals surface area contributed by atoms with Gasteiger partial charge in [-0.25, -0.2) is 22.5 Å². The Labute approximate surface area is 150 Å². The van der Waals surface area contributed by atoms with Crippen molar-refractivity contribution in [3.63, 3.8) is 0 Å². The Morgan fingerprint density at radius 3 is 2.48 bits per heavy atom. The molecule has 0 saturated carbocycles. The molecule has 0 N–H and O–H groups in total. The summed E-state index contributed by atoms with van der Waals surface area (Å²) >= 11 is 5.76. The van der Waals surface area contributed by atoms with Gasteiger partial charge in [0.1, 0.15) is 10.8 Å². The molecule has 2 aromatic rings. The van der Waals surface area contributed by atoms with E-state index in [2.05, 4.69) is 4.98 Å². The van der Waals surface area contributed by atoms with Crippen LogP contribution in [0.2, 0.25) is 5.15 Å². The third kappa shape index (κ3) is 4.55. The van der Waals surface area contributed by atoms with Crippen LogP contribution in [-0.2, 0) is 14.8 Å². The van der Waals surface area contributed by atoms with Crippen molar-refractivity contribution in [3.05, 3.63) is 58.9 Å². The number of sulfonamides is 1. The molecule has 0 atom stereocenters. The number of amides is 1. The summed E-state index contributed by atoms with van der Waals surface area (Å²) < 4.78 is 29.8. The van der Waals surface area contributed by atoms with E-state index in [-0.39, 0.29) is 28.7 Å². The van der Waals surface area contributed by atoms with Crippen molar-refractivity contribution in [2.45, 2.75) is 6.92 Å². The van der Waals surface area contributed by atoms with E-state index in [0.717, 1.165) is 6.26 Å². The molecule has 0 bridgehead atoms. The summed E-state index contributed by atoms with van der Waals surface area (Å²) in [6.45, 7) is 1.82. The van der Waals surface area contributed by atoms with Crippen molar-refractivity contribution in [1.82, 2.24) is 4.98 Å². The lowest BCUT2D eigenvalue weighted by Crippen LogP contribution is -2.36. The van der Waals surface area contributed by atoms with Gasteiger partial charge >= 0.3 is 5.97 Å². The van der Waals surface area contributed by atoms with Crippen LogP contribution in [-0.4, -0.2) is 38.1 Å². The number of hydrogen-bond acceptors (Lipinski definition) is 6. The Balaban J connectivity index is 2.51. The Bertz CT molecular complexity index is 914. The van der Waals surface area contributed by atoms with Gasteiger partial charge in [-0.3, -0.25) is 4.79 Å². The fraction of sp³-hybridized carbons (Fsp3) is 0.188. The highest BCUT2D eigenvalue weighted by Crippen LogP contribution is 2.22. The smallest absolute Gasteiger partial charge is 0.338 e. The molecule has 0 spiro atoms. The normalized spacial score (nSPS) is 11.0. The van der Waals surface area contributed by atoms with Gasteiger partial charge in [-0.05, 0) is 37.3 Å². The molecule has 0 radical (unpaired) electrons. The number of pyridine rings is 1. The average Bonchev–Trinajstić information content (AvgIpc) is 2.54.